The molecule has 0 atom stereocenters. The van der Waals surface area contributed by atoms with Gasteiger partial charge in [0.2, 0.25) is 10.0 Å². The van der Waals surface area contributed by atoms with Crippen LogP contribution >= 0.6 is 0 Å². The standard InChI is InChI=1S/C24H28N4O4S/c1-18-22(24(30)28(26(18)2)20-10-6-5-7-11-20)25-23(29)19-12-14-21(15-13-19)33(31,32)27-16-8-3-4-9-17-27/h5-7,10-15H,3-4,8-9,16-17H2,1-2H3,(H,25,29). The molecule has 0 radical (unpaired) electrons. The molecule has 174 valence electrons. The molecule has 1 fully saturated rings. The fourth-order valence-corrected chi connectivity index (χ4v) is 5.62. The summed E-state index contributed by atoms with van der Waals surface area (Å²) in [7, 11) is -1.84. The van der Waals surface area contributed by atoms with E-state index in [2.05, 4.69) is 5.32 Å². The molecule has 4 rings (SSSR count). The number of nitrogens with zero attached hydrogens (tertiary/aromatic N) is 3. The van der Waals surface area contributed by atoms with Crippen molar-refractivity contribution in [2.45, 2.75) is 37.5 Å². The number of amides is 1. The second-order valence-corrected chi connectivity index (χ2v) is 10.2. The highest BCUT2D eigenvalue weighted by atomic mass is 32.2. The molecule has 33 heavy (non-hydrogen) atoms. The third-order valence-electron chi connectivity index (χ3n) is 6.11. The molecule has 3 aromatic rings. The summed E-state index contributed by atoms with van der Waals surface area (Å²) in [6.45, 7) is 2.80. The van der Waals surface area contributed by atoms with Crippen molar-refractivity contribution in [1.82, 2.24) is 13.7 Å². The summed E-state index contributed by atoms with van der Waals surface area (Å²) in [4.78, 5) is 26.0. The van der Waals surface area contributed by atoms with Crippen molar-refractivity contribution in [1.29, 1.82) is 0 Å². The van der Waals surface area contributed by atoms with Crippen molar-refractivity contribution < 1.29 is 13.2 Å². The summed E-state index contributed by atoms with van der Waals surface area (Å²) in [6.07, 6.45) is 3.79. The monoisotopic (exact) mass is 468 g/mol. The molecule has 0 bridgehead atoms. The maximum absolute atomic E-state index is 13.0. The minimum atomic E-state index is -3.59. The second kappa shape index (κ2) is 9.36. The van der Waals surface area contributed by atoms with Crippen LogP contribution in [0.15, 0.2) is 64.3 Å². The predicted octanol–water partition coefficient (Wildman–Crippen LogP) is 3.30. The van der Waals surface area contributed by atoms with Crippen molar-refractivity contribution in [2.75, 3.05) is 18.4 Å². The van der Waals surface area contributed by atoms with Gasteiger partial charge in [-0.2, -0.15) is 4.31 Å². The van der Waals surface area contributed by atoms with E-state index in [1.54, 1.807) is 18.7 Å². The zero-order valence-corrected chi connectivity index (χ0v) is 19.6. The quantitative estimate of drug-likeness (QED) is 0.622. The van der Waals surface area contributed by atoms with Crippen molar-refractivity contribution in [3.63, 3.8) is 0 Å². The molecule has 0 saturated carbocycles. The molecule has 0 spiro atoms. The Morgan fingerprint density at radius 3 is 2.12 bits per heavy atom. The van der Waals surface area contributed by atoms with Crippen LogP contribution in [0.3, 0.4) is 0 Å². The number of para-hydroxylation sites is 1. The molecule has 1 aliphatic heterocycles. The molecular weight excluding hydrogens is 440 g/mol. The summed E-state index contributed by atoms with van der Waals surface area (Å²) in [5, 5.41) is 2.70. The fourth-order valence-electron chi connectivity index (χ4n) is 4.11. The van der Waals surface area contributed by atoms with E-state index in [0.29, 0.717) is 24.5 Å². The van der Waals surface area contributed by atoms with Gasteiger partial charge in [-0.3, -0.25) is 14.3 Å². The van der Waals surface area contributed by atoms with Crippen LogP contribution in [0.2, 0.25) is 0 Å². The van der Waals surface area contributed by atoms with Crippen LogP contribution in [0, 0.1) is 6.92 Å². The average molecular weight is 469 g/mol. The molecule has 1 N–H and O–H groups in total. The first kappa shape index (κ1) is 23.0. The molecule has 0 unspecified atom stereocenters. The molecular formula is C24H28N4O4S. The van der Waals surface area contributed by atoms with Gasteiger partial charge in [0, 0.05) is 25.7 Å². The van der Waals surface area contributed by atoms with E-state index < -0.39 is 15.9 Å². The number of aromatic nitrogens is 2. The van der Waals surface area contributed by atoms with Gasteiger partial charge in [-0.25, -0.2) is 13.1 Å². The van der Waals surface area contributed by atoms with E-state index in [1.807, 2.05) is 30.3 Å². The second-order valence-electron chi connectivity index (χ2n) is 8.23. The summed E-state index contributed by atoms with van der Waals surface area (Å²) in [5.41, 5.74) is 1.43. The first-order chi connectivity index (χ1) is 15.8. The van der Waals surface area contributed by atoms with Gasteiger partial charge in [-0.05, 0) is 56.2 Å². The topological polar surface area (TPSA) is 93.4 Å². The summed E-state index contributed by atoms with van der Waals surface area (Å²) in [5.74, 6) is -0.472. The minimum Gasteiger partial charge on any atom is -0.316 e. The average Bonchev–Trinajstić information content (AvgIpc) is 3.03. The van der Waals surface area contributed by atoms with Crippen LogP contribution < -0.4 is 10.9 Å². The Morgan fingerprint density at radius 2 is 1.52 bits per heavy atom. The van der Waals surface area contributed by atoms with Crippen molar-refractivity contribution in [3.8, 4) is 5.69 Å². The summed E-state index contributed by atoms with van der Waals surface area (Å²) in [6, 6.07) is 15.0. The lowest BCUT2D eigenvalue weighted by atomic mass is 10.2. The highest BCUT2D eigenvalue weighted by Crippen LogP contribution is 2.21. The normalized spacial score (nSPS) is 15.2. The lowest BCUT2D eigenvalue weighted by molar-refractivity contribution is 0.102. The smallest absolute Gasteiger partial charge is 0.295 e. The number of benzene rings is 2. The number of hydrogen-bond acceptors (Lipinski definition) is 4. The number of anilines is 1. The van der Waals surface area contributed by atoms with Gasteiger partial charge in [0.25, 0.3) is 11.5 Å². The Bertz CT molecular complexity index is 1300. The van der Waals surface area contributed by atoms with Gasteiger partial charge in [0.1, 0.15) is 5.69 Å². The highest BCUT2D eigenvalue weighted by Gasteiger charge is 2.25. The maximum Gasteiger partial charge on any atom is 0.295 e. The Labute approximate surface area is 193 Å². The van der Waals surface area contributed by atoms with Crippen LogP contribution in [-0.2, 0) is 17.1 Å². The summed E-state index contributed by atoms with van der Waals surface area (Å²) < 4.78 is 30.6. The van der Waals surface area contributed by atoms with E-state index in [4.69, 9.17) is 0 Å². The van der Waals surface area contributed by atoms with Gasteiger partial charge >= 0.3 is 0 Å². The third-order valence-corrected chi connectivity index (χ3v) is 8.02. The van der Waals surface area contributed by atoms with Gasteiger partial charge in [-0.15, -0.1) is 0 Å². The van der Waals surface area contributed by atoms with E-state index >= 15 is 0 Å². The van der Waals surface area contributed by atoms with Crippen molar-refractivity contribution >= 4 is 21.6 Å². The predicted molar refractivity (Wildman–Crippen MR) is 127 cm³/mol. The van der Waals surface area contributed by atoms with E-state index in [0.717, 1.165) is 25.7 Å². The van der Waals surface area contributed by atoms with E-state index in [-0.39, 0.29) is 21.7 Å². The first-order valence-corrected chi connectivity index (χ1v) is 12.5. The lowest BCUT2D eigenvalue weighted by Gasteiger charge is -2.20. The number of nitrogens with one attached hydrogen (secondary N) is 1. The maximum atomic E-state index is 13.0. The molecule has 1 aliphatic rings. The molecule has 1 aromatic heterocycles. The Hall–Kier alpha value is -3.17. The molecule has 2 heterocycles. The van der Waals surface area contributed by atoms with Gasteiger partial charge in [-0.1, -0.05) is 31.0 Å². The Kier molecular flexibility index (Phi) is 6.53. The SMILES string of the molecule is Cc1c(NC(=O)c2ccc(S(=O)(=O)N3CCCCCC3)cc2)c(=O)n(-c2ccccc2)n1C. The van der Waals surface area contributed by atoms with Gasteiger partial charge in [0.05, 0.1) is 16.3 Å². The summed E-state index contributed by atoms with van der Waals surface area (Å²) >= 11 is 0. The highest BCUT2D eigenvalue weighted by molar-refractivity contribution is 7.89. The molecule has 9 heteroatoms. The molecule has 0 aliphatic carbocycles. The first-order valence-electron chi connectivity index (χ1n) is 11.1. The van der Waals surface area contributed by atoms with Crippen molar-refractivity contribution in [3.05, 3.63) is 76.2 Å². The van der Waals surface area contributed by atoms with Crippen LogP contribution in [0.5, 0.6) is 0 Å². The molecule has 1 amide bonds. The molecule has 8 nitrogen and oxygen atoms in total. The van der Waals surface area contributed by atoms with Crippen molar-refractivity contribution in [2.24, 2.45) is 7.05 Å². The number of hydrogen-bond donors (Lipinski definition) is 1. The van der Waals surface area contributed by atoms with Crippen LogP contribution in [0.1, 0.15) is 41.7 Å². The minimum absolute atomic E-state index is 0.170. The van der Waals surface area contributed by atoms with Gasteiger partial charge < -0.3 is 5.32 Å². The van der Waals surface area contributed by atoms with Gasteiger partial charge in [0.15, 0.2) is 0 Å². The number of rotatable bonds is 5. The Morgan fingerprint density at radius 1 is 0.909 bits per heavy atom. The molecule has 1 saturated heterocycles. The van der Waals surface area contributed by atoms with Crippen LogP contribution in [-0.4, -0.2) is 41.1 Å². The molecule has 2 aromatic carbocycles. The number of sulfonamides is 1. The third kappa shape index (κ3) is 4.51. The fraction of sp³-hybridized carbons (Fsp3) is 0.333. The lowest BCUT2D eigenvalue weighted by Crippen LogP contribution is -2.32. The van der Waals surface area contributed by atoms with Crippen LogP contribution in [0.4, 0.5) is 5.69 Å². The van der Waals surface area contributed by atoms with Crippen LogP contribution in [0.25, 0.3) is 5.69 Å². The Balaban J connectivity index is 1.56. The number of carbonyl (C=O) groups excluding carboxylic acids is 1. The zero-order valence-electron chi connectivity index (χ0n) is 18.8. The largest absolute Gasteiger partial charge is 0.316 e. The van der Waals surface area contributed by atoms with E-state index in [9.17, 15) is 18.0 Å². The van der Waals surface area contributed by atoms with E-state index in [1.165, 1.54) is 33.3 Å². The number of carbonyl (C=O) groups is 1. The zero-order chi connectivity index (χ0) is 23.6.